The minimum Gasteiger partial charge on any atom is -0.322 e. The molecule has 0 saturated heterocycles. The Labute approximate surface area is 178 Å². The highest BCUT2D eigenvalue weighted by Crippen LogP contribution is 2.23. The summed E-state index contributed by atoms with van der Waals surface area (Å²) in [5.41, 5.74) is 4.86. The summed E-state index contributed by atoms with van der Waals surface area (Å²) in [5, 5.41) is 2.86. The van der Waals surface area contributed by atoms with E-state index in [2.05, 4.69) is 12.2 Å². The number of carbonyl (C=O) groups excluding carboxylic acids is 1. The van der Waals surface area contributed by atoms with Crippen molar-refractivity contribution < 1.29 is 13.2 Å². The number of nitrogens with one attached hydrogen (secondary N) is 1. The molecule has 1 N–H and O–H groups in total. The van der Waals surface area contributed by atoms with Crippen LogP contribution in [0.4, 0.5) is 11.4 Å². The molecule has 3 aromatic carbocycles. The largest absolute Gasteiger partial charge is 0.322 e. The lowest BCUT2D eigenvalue weighted by Crippen LogP contribution is -2.29. The summed E-state index contributed by atoms with van der Waals surface area (Å²) in [6.07, 6.45) is 2.13. The summed E-state index contributed by atoms with van der Waals surface area (Å²) in [6.45, 7) is 4.27. The molecule has 0 heterocycles. The number of sulfonamides is 1. The van der Waals surface area contributed by atoms with Gasteiger partial charge in [-0.25, -0.2) is 8.42 Å². The third-order valence-electron chi connectivity index (χ3n) is 5.01. The van der Waals surface area contributed by atoms with E-state index in [4.69, 9.17) is 0 Å². The Hall–Kier alpha value is -3.12. The van der Waals surface area contributed by atoms with Crippen LogP contribution in [0.15, 0.2) is 72.8 Å². The zero-order valence-electron chi connectivity index (χ0n) is 17.4. The molecule has 30 heavy (non-hydrogen) atoms. The molecule has 0 unspecified atom stereocenters. The Balaban J connectivity index is 1.79. The maximum atomic E-state index is 12.5. The van der Waals surface area contributed by atoms with E-state index in [-0.39, 0.29) is 12.5 Å². The third kappa shape index (κ3) is 5.27. The van der Waals surface area contributed by atoms with E-state index < -0.39 is 10.0 Å². The smallest absolute Gasteiger partial charge is 0.255 e. The van der Waals surface area contributed by atoms with Crippen molar-refractivity contribution in [3.05, 3.63) is 95.1 Å². The van der Waals surface area contributed by atoms with Gasteiger partial charge in [-0.05, 0) is 66.4 Å². The molecular weight excluding hydrogens is 396 g/mol. The fourth-order valence-electron chi connectivity index (χ4n) is 3.15. The lowest BCUT2D eigenvalue weighted by molar-refractivity contribution is 0.102. The number of hydrogen-bond donors (Lipinski definition) is 1. The van der Waals surface area contributed by atoms with Crippen molar-refractivity contribution >= 4 is 27.3 Å². The zero-order valence-corrected chi connectivity index (χ0v) is 18.2. The van der Waals surface area contributed by atoms with Crippen molar-refractivity contribution in [3.8, 4) is 0 Å². The third-order valence-corrected chi connectivity index (χ3v) is 6.15. The predicted octanol–water partition coefficient (Wildman–Crippen LogP) is 4.78. The van der Waals surface area contributed by atoms with Gasteiger partial charge >= 0.3 is 0 Å². The van der Waals surface area contributed by atoms with Crippen LogP contribution in [-0.2, 0) is 23.0 Å². The first-order valence-corrected chi connectivity index (χ1v) is 11.7. The number of amides is 1. The Kier molecular flexibility index (Phi) is 6.57. The van der Waals surface area contributed by atoms with Crippen molar-refractivity contribution in [2.45, 2.75) is 26.8 Å². The number of rotatable bonds is 7. The lowest BCUT2D eigenvalue weighted by atomic mass is 10.1. The molecule has 0 bridgehead atoms. The fraction of sp³-hybridized carbons (Fsp3) is 0.208. The van der Waals surface area contributed by atoms with E-state index in [1.165, 1.54) is 16.1 Å². The highest BCUT2D eigenvalue weighted by Gasteiger charge is 2.19. The molecule has 0 radical (unpaired) electrons. The van der Waals surface area contributed by atoms with Gasteiger partial charge in [0.25, 0.3) is 5.91 Å². The van der Waals surface area contributed by atoms with Gasteiger partial charge in [0.05, 0.1) is 18.5 Å². The quantitative estimate of drug-likeness (QED) is 0.596. The average molecular weight is 423 g/mol. The first kappa shape index (κ1) is 21.6. The van der Waals surface area contributed by atoms with Crippen LogP contribution >= 0.6 is 0 Å². The Morgan fingerprint density at radius 3 is 2.13 bits per heavy atom. The lowest BCUT2D eigenvalue weighted by Gasteiger charge is -2.23. The molecule has 5 nitrogen and oxygen atoms in total. The van der Waals surface area contributed by atoms with Crippen LogP contribution in [0.1, 0.15) is 34.0 Å². The van der Waals surface area contributed by atoms with Crippen LogP contribution < -0.4 is 9.62 Å². The van der Waals surface area contributed by atoms with E-state index in [0.717, 1.165) is 23.2 Å². The molecule has 0 aliphatic rings. The molecule has 156 valence electrons. The van der Waals surface area contributed by atoms with Gasteiger partial charge in [-0.3, -0.25) is 9.10 Å². The summed E-state index contributed by atoms with van der Waals surface area (Å²) in [4.78, 5) is 12.5. The van der Waals surface area contributed by atoms with Crippen LogP contribution in [0.5, 0.6) is 0 Å². The number of nitrogens with zero attached hydrogens (tertiary/aromatic N) is 1. The molecule has 0 aromatic heterocycles. The molecule has 0 atom stereocenters. The molecular formula is C24H26N2O3S. The Bertz CT molecular complexity index is 1120. The fourth-order valence-corrected chi connectivity index (χ4v) is 4.03. The molecule has 6 heteroatoms. The SMILES string of the molecule is CCc1ccc(NC(=O)c2ccc(N(Cc3ccccc3C)S(C)(=O)=O)cc2)cc1. The maximum absolute atomic E-state index is 12.5. The van der Waals surface area contributed by atoms with Gasteiger partial charge in [0.2, 0.25) is 10.0 Å². The van der Waals surface area contributed by atoms with Crippen molar-refractivity contribution in [2.24, 2.45) is 0 Å². The van der Waals surface area contributed by atoms with Crippen LogP contribution in [0, 0.1) is 6.92 Å². The van der Waals surface area contributed by atoms with Crippen molar-refractivity contribution in [2.75, 3.05) is 15.9 Å². The normalized spacial score (nSPS) is 11.2. The molecule has 3 aromatic rings. The number of benzene rings is 3. The predicted molar refractivity (Wildman–Crippen MR) is 122 cm³/mol. The molecule has 0 aliphatic heterocycles. The minimum absolute atomic E-state index is 0.237. The van der Waals surface area contributed by atoms with Gasteiger partial charge in [0.1, 0.15) is 0 Å². The highest BCUT2D eigenvalue weighted by molar-refractivity contribution is 7.92. The number of hydrogen-bond acceptors (Lipinski definition) is 3. The summed E-state index contributed by atoms with van der Waals surface area (Å²) in [5.74, 6) is -0.240. The van der Waals surface area contributed by atoms with E-state index in [1.54, 1.807) is 24.3 Å². The van der Waals surface area contributed by atoms with Crippen molar-refractivity contribution in [1.29, 1.82) is 0 Å². The summed E-state index contributed by atoms with van der Waals surface area (Å²) in [6, 6.07) is 22.0. The minimum atomic E-state index is -3.49. The van der Waals surface area contributed by atoms with E-state index in [9.17, 15) is 13.2 Å². The van der Waals surface area contributed by atoms with Gasteiger partial charge in [-0.2, -0.15) is 0 Å². The Morgan fingerprint density at radius 2 is 1.57 bits per heavy atom. The molecule has 0 aliphatic carbocycles. The Morgan fingerprint density at radius 1 is 0.933 bits per heavy atom. The first-order chi connectivity index (χ1) is 14.3. The summed E-state index contributed by atoms with van der Waals surface area (Å²) >= 11 is 0. The standard InChI is InChI=1S/C24H26N2O3S/c1-4-19-9-13-22(14-10-19)25-24(27)20-11-15-23(16-12-20)26(30(3,28)29)17-21-8-6-5-7-18(21)2/h5-16H,4,17H2,1-3H3,(H,25,27). The molecule has 0 fully saturated rings. The molecule has 3 rings (SSSR count). The maximum Gasteiger partial charge on any atom is 0.255 e. The monoisotopic (exact) mass is 422 g/mol. The van der Waals surface area contributed by atoms with Crippen molar-refractivity contribution in [3.63, 3.8) is 0 Å². The number of aryl methyl sites for hydroxylation is 2. The van der Waals surface area contributed by atoms with Crippen LogP contribution in [-0.4, -0.2) is 20.6 Å². The molecule has 0 spiro atoms. The first-order valence-electron chi connectivity index (χ1n) is 9.80. The van der Waals surface area contributed by atoms with Gasteiger partial charge in [-0.1, -0.05) is 43.3 Å². The highest BCUT2D eigenvalue weighted by atomic mass is 32.2. The second-order valence-corrected chi connectivity index (χ2v) is 9.15. The van der Waals surface area contributed by atoms with Gasteiger partial charge < -0.3 is 5.32 Å². The van der Waals surface area contributed by atoms with Gasteiger partial charge in [0.15, 0.2) is 0 Å². The van der Waals surface area contributed by atoms with Gasteiger partial charge in [-0.15, -0.1) is 0 Å². The van der Waals surface area contributed by atoms with E-state index in [1.807, 2.05) is 55.5 Å². The van der Waals surface area contributed by atoms with Crippen LogP contribution in [0.3, 0.4) is 0 Å². The second kappa shape index (κ2) is 9.13. The summed E-state index contributed by atoms with van der Waals surface area (Å²) in [7, 11) is -3.49. The van der Waals surface area contributed by atoms with Crippen LogP contribution in [0.2, 0.25) is 0 Å². The second-order valence-electron chi connectivity index (χ2n) is 7.25. The zero-order chi connectivity index (χ0) is 21.7. The van der Waals surface area contributed by atoms with Crippen LogP contribution in [0.25, 0.3) is 0 Å². The number of anilines is 2. The topological polar surface area (TPSA) is 66.5 Å². The van der Waals surface area contributed by atoms with E-state index >= 15 is 0 Å². The van der Waals surface area contributed by atoms with Gasteiger partial charge in [0, 0.05) is 11.3 Å². The van der Waals surface area contributed by atoms with Crippen molar-refractivity contribution in [1.82, 2.24) is 0 Å². The average Bonchev–Trinajstić information content (AvgIpc) is 2.73. The number of carbonyl (C=O) groups is 1. The molecule has 1 amide bonds. The molecule has 0 saturated carbocycles. The van der Waals surface area contributed by atoms with E-state index in [0.29, 0.717) is 11.3 Å². The summed E-state index contributed by atoms with van der Waals surface area (Å²) < 4.78 is 26.2.